The average Bonchev–Trinajstić information content (AvgIpc) is 2.42. The van der Waals surface area contributed by atoms with E-state index >= 15 is 0 Å². The number of amides is 1. The van der Waals surface area contributed by atoms with Crippen LogP contribution in [0.2, 0.25) is 5.02 Å². The molecule has 1 amide bonds. The van der Waals surface area contributed by atoms with Crippen LogP contribution in [-0.4, -0.2) is 5.91 Å². The van der Waals surface area contributed by atoms with Crippen LogP contribution in [0.3, 0.4) is 0 Å². The van der Waals surface area contributed by atoms with Crippen molar-refractivity contribution in [2.24, 2.45) is 0 Å². The van der Waals surface area contributed by atoms with Crippen molar-refractivity contribution in [1.29, 1.82) is 0 Å². The normalized spacial score (nSPS) is 10.3. The van der Waals surface area contributed by atoms with Crippen molar-refractivity contribution in [3.05, 3.63) is 64.4 Å². The van der Waals surface area contributed by atoms with Crippen molar-refractivity contribution in [2.75, 3.05) is 5.32 Å². The van der Waals surface area contributed by atoms with Gasteiger partial charge in [0.15, 0.2) is 0 Å². The van der Waals surface area contributed by atoms with E-state index in [1.807, 2.05) is 13.0 Å². The molecule has 0 saturated heterocycles. The lowest BCUT2D eigenvalue weighted by Crippen LogP contribution is -2.13. The second-order valence-corrected chi connectivity index (χ2v) is 5.04. The van der Waals surface area contributed by atoms with Gasteiger partial charge in [-0.3, -0.25) is 4.79 Å². The van der Waals surface area contributed by atoms with Gasteiger partial charge >= 0.3 is 0 Å². The highest BCUT2D eigenvalue weighted by molar-refractivity contribution is 6.31. The van der Waals surface area contributed by atoms with Crippen LogP contribution in [0.25, 0.3) is 0 Å². The lowest BCUT2D eigenvalue weighted by molar-refractivity contribution is -0.116. The zero-order valence-electron chi connectivity index (χ0n) is 11.1. The molecule has 2 aromatic carbocycles. The molecule has 0 spiro atoms. The van der Waals surface area contributed by atoms with Gasteiger partial charge in [0, 0.05) is 17.1 Å². The Bertz CT molecular complexity index is 628. The summed E-state index contributed by atoms with van der Waals surface area (Å²) < 4.78 is 13.4. The fourth-order valence-corrected chi connectivity index (χ4v) is 2.06. The lowest BCUT2D eigenvalue weighted by atomic mass is 10.1. The molecule has 104 valence electrons. The molecular weight excluding hydrogens is 277 g/mol. The van der Waals surface area contributed by atoms with Crippen molar-refractivity contribution in [3.63, 3.8) is 0 Å². The van der Waals surface area contributed by atoms with Crippen molar-refractivity contribution in [1.82, 2.24) is 0 Å². The Morgan fingerprint density at radius 2 is 2.00 bits per heavy atom. The molecule has 1 N–H and O–H groups in total. The highest BCUT2D eigenvalue weighted by Gasteiger charge is 2.07. The predicted octanol–water partition coefficient (Wildman–Crippen LogP) is 4.36. The number of carbonyl (C=O) groups excluding carboxylic acids is 1. The number of hydrogen-bond donors (Lipinski definition) is 1. The first-order valence-electron chi connectivity index (χ1n) is 6.35. The van der Waals surface area contributed by atoms with Crippen molar-refractivity contribution < 1.29 is 9.18 Å². The molecule has 0 radical (unpaired) electrons. The Morgan fingerprint density at radius 3 is 2.75 bits per heavy atom. The van der Waals surface area contributed by atoms with Gasteiger partial charge in [-0.25, -0.2) is 4.39 Å². The third-order valence-electron chi connectivity index (χ3n) is 3.05. The van der Waals surface area contributed by atoms with Crippen LogP contribution in [-0.2, 0) is 11.2 Å². The van der Waals surface area contributed by atoms with Crippen LogP contribution in [0.15, 0.2) is 42.5 Å². The molecule has 20 heavy (non-hydrogen) atoms. The van der Waals surface area contributed by atoms with E-state index in [0.29, 0.717) is 22.7 Å². The van der Waals surface area contributed by atoms with E-state index < -0.39 is 0 Å². The summed E-state index contributed by atoms with van der Waals surface area (Å²) in [5.74, 6) is -0.433. The third kappa shape index (κ3) is 3.81. The standard InChI is InChI=1S/C16H15ClFNO/c1-11-6-8-13(17)10-15(11)19-16(20)9-7-12-4-2-3-5-14(12)18/h2-6,8,10H,7,9H2,1H3,(H,19,20). The van der Waals surface area contributed by atoms with E-state index in [-0.39, 0.29) is 18.1 Å². The summed E-state index contributed by atoms with van der Waals surface area (Å²) in [7, 11) is 0. The number of carbonyl (C=O) groups is 1. The third-order valence-corrected chi connectivity index (χ3v) is 3.29. The molecule has 0 aliphatic heterocycles. The summed E-state index contributed by atoms with van der Waals surface area (Å²) in [6.07, 6.45) is 0.602. The topological polar surface area (TPSA) is 29.1 Å². The Hall–Kier alpha value is -1.87. The molecule has 0 atom stereocenters. The van der Waals surface area contributed by atoms with E-state index in [1.165, 1.54) is 6.07 Å². The molecular formula is C16H15ClFNO. The van der Waals surface area contributed by atoms with Gasteiger partial charge in [0.1, 0.15) is 5.82 Å². The van der Waals surface area contributed by atoms with E-state index in [1.54, 1.807) is 30.3 Å². The summed E-state index contributed by atoms with van der Waals surface area (Å²) in [5, 5.41) is 3.36. The van der Waals surface area contributed by atoms with Gasteiger partial charge in [-0.15, -0.1) is 0 Å². The van der Waals surface area contributed by atoms with E-state index in [4.69, 9.17) is 11.6 Å². The molecule has 0 heterocycles. The number of nitrogens with one attached hydrogen (secondary N) is 1. The summed E-state index contributed by atoms with van der Waals surface area (Å²) in [6, 6.07) is 11.8. The maximum atomic E-state index is 13.4. The van der Waals surface area contributed by atoms with E-state index in [9.17, 15) is 9.18 Å². The van der Waals surface area contributed by atoms with Crippen LogP contribution in [0.4, 0.5) is 10.1 Å². The summed E-state index contributed by atoms with van der Waals surface area (Å²) in [6.45, 7) is 1.89. The minimum Gasteiger partial charge on any atom is -0.326 e. The maximum absolute atomic E-state index is 13.4. The van der Waals surface area contributed by atoms with E-state index in [2.05, 4.69) is 5.32 Å². The van der Waals surface area contributed by atoms with Gasteiger partial charge in [-0.05, 0) is 42.7 Å². The Labute approximate surface area is 122 Å². The van der Waals surface area contributed by atoms with Crippen LogP contribution < -0.4 is 5.32 Å². The zero-order valence-corrected chi connectivity index (χ0v) is 11.9. The molecule has 2 aromatic rings. The molecule has 4 heteroatoms. The van der Waals surface area contributed by atoms with Gasteiger partial charge in [0.05, 0.1) is 0 Å². The number of hydrogen-bond acceptors (Lipinski definition) is 1. The quantitative estimate of drug-likeness (QED) is 0.891. The zero-order chi connectivity index (χ0) is 14.5. The minimum atomic E-state index is -0.278. The summed E-state index contributed by atoms with van der Waals surface area (Å²) >= 11 is 5.89. The summed E-state index contributed by atoms with van der Waals surface area (Å²) in [4.78, 5) is 11.9. The smallest absolute Gasteiger partial charge is 0.224 e. The number of anilines is 1. The Kier molecular flexibility index (Phi) is 4.74. The van der Waals surface area contributed by atoms with Crippen LogP contribution in [0.1, 0.15) is 17.5 Å². The maximum Gasteiger partial charge on any atom is 0.224 e. The monoisotopic (exact) mass is 291 g/mol. The van der Waals surface area contributed by atoms with E-state index in [0.717, 1.165) is 5.56 Å². The fourth-order valence-electron chi connectivity index (χ4n) is 1.89. The second-order valence-electron chi connectivity index (χ2n) is 4.60. The Balaban J connectivity index is 1.96. The molecule has 0 aliphatic carbocycles. The van der Waals surface area contributed by atoms with Crippen LogP contribution >= 0.6 is 11.6 Å². The molecule has 0 aliphatic rings. The molecule has 0 fully saturated rings. The first kappa shape index (κ1) is 14.5. The molecule has 0 unspecified atom stereocenters. The number of aryl methyl sites for hydroxylation is 2. The molecule has 2 rings (SSSR count). The highest BCUT2D eigenvalue weighted by Crippen LogP contribution is 2.20. The van der Waals surface area contributed by atoms with Gasteiger partial charge in [0.2, 0.25) is 5.91 Å². The molecule has 0 saturated carbocycles. The first-order valence-corrected chi connectivity index (χ1v) is 6.73. The SMILES string of the molecule is Cc1ccc(Cl)cc1NC(=O)CCc1ccccc1F. The van der Waals surface area contributed by atoms with Gasteiger partial charge in [-0.1, -0.05) is 35.9 Å². The molecule has 0 bridgehead atoms. The molecule has 2 nitrogen and oxygen atoms in total. The van der Waals surface area contributed by atoms with Gasteiger partial charge in [0.25, 0.3) is 0 Å². The number of halogens is 2. The van der Waals surface area contributed by atoms with Gasteiger partial charge in [-0.2, -0.15) is 0 Å². The summed E-state index contributed by atoms with van der Waals surface area (Å²) in [5.41, 5.74) is 2.18. The van der Waals surface area contributed by atoms with Crippen molar-refractivity contribution in [3.8, 4) is 0 Å². The predicted molar refractivity (Wildman–Crippen MR) is 79.5 cm³/mol. The van der Waals surface area contributed by atoms with Crippen LogP contribution in [0.5, 0.6) is 0 Å². The second kappa shape index (κ2) is 6.53. The first-order chi connectivity index (χ1) is 9.56. The van der Waals surface area contributed by atoms with Crippen LogP contribution in [0, 0.1) is 12.7 Å². The Morgan fingerprint density at radius 1 is 1.25 bits per heavy atom. The molecule has 0 aromatic heterocycles. The van der Waals surface area contributed by atoms with Gasteiger partial charge < -0.3 is 5.32 Å². The fraction of sp³-hybridized carbons (Fsp3) is 0.188. The largest absolute Gasteiger partial charge is 0.326 e. The minimum absolute atomic E-state index is 0.154. The van der Waals surface area contributed by atoms with Crippen molar-refractivity contribution in [2.45, 2.75) is 19.8 Å². The van der Waals surface area contributed by atoms with Crippen molar-refractivity contribution >= 4 is 23.2 Å². The highest BCUT2D eigenvalue weighted by atomic mass is 35.5. The number of benzene rings is 2. The average molecular weight is 292 g/mol. The number of rotatable bonds is 4. The lowest BCUT2D eigenvalue weighted by Gasteiger charge is -2.09.